The molecule has 0 aromatic heterocycles. The van der Waals surface area contributed by atoms with Crippen LogP contribution in [0, 0.1) is 0 Å². The SMILES string of the molecule is CC(NNN)NNO. The lowest BCUT2D eigenvalue weighted by molar-refractivity contribution is 0.0970. The van der Waals surface area contributed by atoms with E-state index in [2.05, 4.69) is 16.4 Å². The predicted molar refractivity (Wildman–Crippen MR) is 28.0 cm³/mol. The van der Waals surface area contributed by atoms with Gasteiger partial charge in [0.05, 0.1) is 6.17 Å². The van der Waals surface area contributed by atoms with Crippen molar-refractivity contribution in [2.45, 2.75) is 13.1 Å². The first-order valence-electron chi connectivity index (χ1n) is 2.17. The van der Waals surface area contributed by atoms with Crippen molar-refractivity contribution in [1.82, 2.24) is 22.0 Å². The first kappa shape index (κ1) is 7.76. The Kier molecular flexibility index (Phi) is 4.76. The molecule has 0 fully saturated rings. The number of rotatable bonds is 4. The number of nitrogens with one attached hydrogen (secondary N) is 4. The van der Waals surface area contributed by atoms with E-state index in [0.717, 1.165) is 0 Å². The molecule has 0 spiro atoms. The molecule has 0 saturated heterocycles. The monoisotopic (exact) mass is 121 g/mol. The largest absolute Gasteiger partial charge is 0.302 e. The summed E-state index contributed by atoms with van der Waals surface area (Å²) < 4.78 is 0. The smallest absolute Gasteiger partial charge is 0.0838 e. The van der Waals surface area contributed by atoms with E-state index >= 15 is 0 Å². The van der Waals surface area contributed by atoms with E-state index < -0.39 is 0 Å². The summed E-state index contributed by atoms with van der Waals surface area (Å²) in [6.07, 6.45) is -0.134. The molecule has 0 aliphatic heterocycles. The van der Waals surface area contributed by atoms with Crippen LogP contribution in [0.5, 0.6) is 0 Å². The van der Waals surface area contributed by atoms with Gasteiger partial charge in [-0.05, 0) is 6.92 Å². The van der Waals surface area contributed by atoms with Crippen LogP contribution in [0.1, 0.15) is 6.92 Å². The fourth-order valence-corrected chi connectivity index (χ4v) is 0.258. The molecule has 8 heavy (non-hydrogen) atoms. The maximum Gasteiger partial charge on any atom is 0.0838 e. The summed E-state index contributed by atoms with van der Waals surface area (Å²) in [6.45, 7) is 1.75. The molecule has 0 amide bonds. The van der Waals surface area contributed by atoms with Crippen molar-refractivity contribution in [3.8, 4) is 0 Å². The van der Waals surface area contributed by atoms with Crippen LogP contribution in [0.2, 0.25) is 0 Å². The maximum absolute atomic E-state index is 7.99. The molecule has 0 bridgehead atoms. The molecule has 0 radical (unpaired) electrons. The highest BCUT2D eigenvalue weighted by atomic mass is 16.5. The first-order chi connectivity index (χ1) is 3.81. The minimum Gasteiger partial charge on any atom is -0.302 e. The molecule has 6 heteroatoms. The summed E-state index contributed by atoms with van der Waals surface area (Å²) in [5, 5.41) is 7.99. The summed E-state index contributed by atoms with van der Waals surface area (Å²) in [4.78, 5) is 0. The van der Waals surface area contributed by atoms with Crippen LogP contribution in [0.4, 0.5) is 0 Å². The molecule has 6 nitrogen and oxygen atoms in total. The zero-order valence-electron chi connectivity index (χ0n) is 4.60. The third kappa shape index (κ3) is 3.93. The van der Waals surface area contributed by atoms with Crippen LogP contribution in [-0.2, 0) is 0 Å². The Morgan fingerprint density at radius 1 is 1.50 bits per heavy atom. The molecule has 0 aromatic carbocycles. The van der Waals surface area contributed by atoms with E-state index in [4.69, 9.17) is 11.0 Å². The van der Waals surface area contributed by atoms with E-state index in [0.29, 0.717) is 0 Å². The Balaban J connectivity index is 2.92. The Hall–Kier alpha value is -0.240. The molecular weight excluding hydrogens is 110 g/mol. The quantitative estimate of drug-likeness (QED) is 0.143. The number of hydrogen-bond acceptors (Lipinski definition) is 6. The van der Waals surface area contributed by atoms with Crippen LogP contribution >= 0.6 is 0 Å². The summed E-state index contributed by atoms with van der Waals surface area (Å²) in [5.74, 6) is 4.85. The highest BCUT2D eigenvalue weighted by molar-refractivity contribution is 4.42. The summed E-state index contributed by atoms with van der Waals surface area (Å²) >= 11 is 0. The van der Waals surface area contributed by atoms with Gasteiger partial charge in [-0.1, -0.05) is 0 Å². The maximum atomic E-state index is 7.99. The van der Waals surface area contributed by atoms with Gasteiger partial charge >= 0.3 is 0 Å². The normalized spacial score (nSPS) is 13.9. The van der Waals surface area contributed by atoms with Gasteiger partial charge in [0.2, 0.25) is 0 Å². The van der Waals surface area contributed by atoms with Gasteiger partial charge < -0.3 is 5.21 Å². The third-order valence-corrected chi connectivity index (χ3v) is 0.581. The van der Waals surface area contributed by atoms with Crippen molar-refractivity contribution in [3.05, 3.63) is 0 Å². The lowest BCUT2D eigenvalue weighted by atomic mass is 10.6. The molecule has 0 aliphatic carbocycles. The zero-order valence-corrected chi connectivity index (χ0v) is 4.60. The van der Waals surface area contributed by atoms with Crippen molar-refractivity contribution in [3.63, 3.8) is 0 Å². The third-order valence-electron chi connectivity index (χ3n) is 0.581. The van der Waals surface area contributed by atoms with Crippen LogP contribution in [-0.4, -0.2) is 11.4 Å². The molecular formula is C2H11N5O. The van der Waals surface area contributed by atoms with Crippen LogP contribution in [0.15, 0.2) is 0 Å². The predicted octanol–water partition coefficient (Wildman–Crippen LogP) is -2.22. The summed E-state index contributed by atoms with van der Waals surface area (Å²) in [5.41, 5.74) is 8.87. The van der Waals surface area contributed by atoms with Gasteiger partial charge in [-0.25, -0.2) is 10.9 Å². The van der Waals surface area contributed by atoms with E-state index in [9.17, 15) is 0 Å². The van der Waals surface area contributed by atoms with Gasteiger partial charge in [-0.15, -0.1) is 5.59 Å². The fraction of sp³-hybridized carbons (Fsp3) is 1.00. The number of nitrogens with two attached hydrogens (primary N) is 1. The van der Waals surface area contributed by atoms with Crippen molar-refractivity contribution in [1.29, 1.82) is 0 Å². The van der Waals surface area contributed by atoms with Gasteiger partial charge in [0, 0.05) is 0 Å². The topological polar surface area (TPSA) is 94.4 Å². The van der Waals surface area contributed by atoms with E-state index in [1.54, 1.807) is 12.5 Å². The molecule has 7 N–H and O–H groups in total. The van der Waals surface area contributed by atoms with Crippen molar-refractivity contribution in [2.75, 3.05) is 0 Å². The highest BCUT2D eigenvalue weighted by Gasteiger charge is 1.92. The second-order valence-electron chi connectivity index (χ2n) is 1.27. The Labute approximate surface area is 47.3 Å². The van der Waals surface area contributed by atoms with Crippen LogP contribution in [0.25, 0.3) is 0 Å². The lowest BCUT2D eigenvalue weighted by Gasteiger charge is -2.11. The first-order valence-corrected chi connectivity index (χ1v) is 2.17. The second kappa shape index (κ2) is 4.91. The molecule has 0 heterocycles. The van der Waals surface area contributed by atoms with Crippen molar-refractivity contribution < 1.29 is 5.21 Å². The standard InChI is InChI=1S/C2H11N5O/c1-2(4-6-3)5-7-8/h2,4-8H,3H2,1H3. The average molecular weight is 121 g/mol. The average Bonchev–Trinajstić information content (AvgIpc) is 1.68. The number of hydrazine groups is 3. The molecule has 0 aliphatic rings. The lowest BCUT2D eigenvalue weighted by Crippen LogP contribution is -2.53. The van der Waals surface area contributed by atoms with Gasteiger partial charge in [0.1, 0.15) is 0 Å². The van der Waals surface area contributed by atoms with Gasteiger partial charge in [-0.3, -0.25) is 5.84 Å². The fourth-order valence-electron chi connectivity index (χ4n) is 0.258. The molecule has 1 atom stereocenters. The van der Waals surface area contributed by atoms with Crippen molar-refractivity contribution >= 4 is 0 Å². The van der Waals surface area contributed by atoms with E-state index in [-0.39, 0.29) is 6.17 Å². The Morgan fingerprint density at radius 3 is 2.50 bits per heavy atom. The summed E-state index contributed by atoms with van der Waals surface area (Å²) in [7, 11) is 0. The molecule has 1 unspecified atom stereocenters. The Morgan fingerprint density at radius 2 is 2.12 bits per heavy atom. The van der Waals surface area contributed by atoms with Crippen molar-refractivity contribution in [2.24, 2.45) is 5.84 Å². The van der Waals surface area contributed by atoms with Gasteiger partial charge in [-0.2, -0.15) is 5.53 Å². The zero-order chi connectivity index (χ0) is 6.41. The molecule has 0 rings (SSSR count). The summed E-state index contributed by atoms with van der Waals surface area (Å²) in [6, 6.07) is 0. The number of hydrogen-bond donors (Lipinski definition) is 6. The highest BCUT2D eigenvalue weighted by Crippen LogP contribution is 1.61. The van der Waals surface area contributed by atoms with Crippen LogP contribution in [0.3, 0.4) is 0 Å². The van der Waals surface area contributed by atoms with Gasteiger partial charge in [0.25, 0.3) is 0 Å². The van der Waals surface area contributed by atoms with E-state index in [1.807, 2.05) is 0 Å². The van der Waals surface area contributed by atoms with Gasteiger partial charge in [0.15, 0.2) is 0 Å². The molecule has 0 saturated carbocycles. The molecule has 0 aromatic rings. The molecule has 50 valence electrons. The van der Waals surface area contributed by atoms with E-state index in [1.165, 1.54) is 0 Å². The minimum absolute atomic E-state index is 0.134. The minimum atomic E-state index is -0.134. The second-order valence-corrected chi connectivity index (χ2v) is 1.27. The van der Waals surface area contributed by atoms with Crippen LogP contribution < -0.4 is 27.8 Å². The Bertz CT molecular complexity index is 43.7.